The van der Waals surface area contributed by atoms with Gasteiger partial charge >= 0.3 is 6.03 Å². The van der Waals surface area contributed by atoms with Crippen LogP contribution in [0.2, 0.25) is 0 Å². The number of amides is 3. The highest BCUT2D eigenvalue weighted by atomic mass is 16.5. The number of anilines is 1. The Kier molecular flexibility index (Phi) is 5.71. The van der Waals surface area contributed by atoms with Crippen molar-refractivity contribution in [1.82, 2.24) is 14.8 Å². The molecule has 2 bridgehead atoms. The van der Waals surface area contributed by atoms with Crippen LogP contribution < -0.4 is 20.9 Å². The van der Waals surface area contributed by atoms with Gasteiger partial charge in [0.2, 0.25) is 0 Å². The summed E-state index contributed by atoms with van der Waals surface area (Å²) in [6, 6.07) is 10.3. The SMILES string of the molecule is COc1ccc(C(=O)N2CC3CC(C2)c2ccc(NC(=O)NC(C)C)c(=O)n2C3)cc1. The van der Waals surface area contributed by atoms with Crippen molar-refractivity contribution in [1.29, 1.82) is 0 Å². The molecular formula is C23H28N4O4. The Morgan fingerprint density at radius 2 is 1.81 bits per heavy atom. The van der Waals surface area contributed by atoms with E-state index < -0.39 is 0 Å². The number of hydrogen-bond acceptors (Lipinski definition) is 4. The molecule has 1 saturated heterocycles. The molecule has 8 nitrogen and oxygen atoms in total. The molecule has 3 heterocycles. The number of rotatable bonds is 4. The minimum Gasteiger partial charge on any atom is -0.497 e. The number of methoxy groups -OCH3 is 1. The second-order valence-corrected chi connectivity index (χ2v) is 8.58. The molecule has 2 unspecified atom stereocenters. The van der Waals surface area contributed by atoms with E-state index in [1.54, 1.807) is 42.0 Å². The molecule has 8 heteroatoms. The average molecular weight is 425 g/mol. The standard InChI is InChI=1S/C23H28N4O4/c1-14(2)24-23(30)25-19-8-9-20-17-10-15(12-27(20)22(19)29)11-26(13-17)21(28)16-4-6-18(31-3)7-5-16/h4-9,14-15,17H,10-13H2,1-3H3,(H2,24,25,30). The molecule has 1 fully saturated rings. The fourth-order valence-electron chi connectivity index (χ4n) is 4.54. The lowest BCUT2D eigenvalue weighted by atomic mass is 9.83. The summed E-state index contributed by atoms with van der Waals surface area (Å²) >= 11 is 0. The maximum atomic E-state index is 13.0. The molecule has 0 aliphatic carbocycles. The van der Waals surface area contributed by atoms with E-state index in [4.69, 9.17) is 4.74 Å². The number of pyridine rings is 1. The summed E-state index contributed by atoms with van der Waals surface area (Å²) in [6.45, 7) is 5.44. The van der Waals surface area contributed by atoms with Gasteiger partial charge in [0.05, 0.1) is 7.11 Å². The Morgan fingerprint density at radius 1 is 1.06 bits per heavy atom. The Bertz CT molecular complexity index is 1040. The average Bonchev–Trinajstić information content (AvgIpc) is 2.75. The van der Waals surface area contributed by atoms with Gasteiger partial charge in [-0.1, -0.05) is 0 Å². The van der Waals surface area contributed by atoms with E-state index in [1.165, 1.54) is 0 Å². The number of carbonyl (C=O) groups excluding carboxylic acids is 2. The van der Waals surface area contributed by atoms with Crippen molar-refractivity contribution in [3.05, 3.63) is 58.0 Å². The molecule has 31 heavy (non-hydrogen) atoms. The first-order chi connectivity index (χ1) is 14.9. The van der Waals surface area contributed by atoms with Gasteiger partial charge in [0.25, 0.3) is 11.5 Å². The highest BCUT2D eigenvalue weighted by Crippen LogP contribution is 2.36. The molecule has 1 aromatic heterocycles. The van der Waals surface area contributed by atoms with E-state index in [2.05, 4.69) is 10.6 Å². The summed E-state index contributed by atoms with van der Waals surface area (Å²) in [7, 11) is 1.60. The fraction of sp³-hybridized carbons (Fsp3) is 0.435. The van der Waals surface area contributed by atoms with Crippen molar-refractivity contribution in [2.75, 3.05) is 25.5 Å². The van der Waals surface area contributed by atoms with Crippen LogP contribution in [0.1, 0.15) is 42.2 Å². The van der Waals surface area contributed by atoms with Gasteiger partial charge in [0.1, 0.15) is 11.4 Å². The molecule has 2 N–H and O–H groups in total. The van der Waals surface area contributed by atoms with Crippen molar-refractivity contribution >= 4 is 17.6 Å². The molecule has 2 aliphatic rings. The normalized spacial score (nSPS) is 19.5. The number of aromatic nitrogens is 1. The zero-order valence-corrected chi connectivity index (χ0v) is 18.1. The van der Waals surface area contributed by atoms with Gasteiger partial charge < -0.3 is 24.8 Å². The van der Waals surface area contributed by atoms with Crippen molar-refractivity contribution in [2.24, 2.45) is 5.92 Å². The molecule has 0 saturated carbocycles. The maximum Gasteiger partial charge on any atom is 0.319 e. The molecule has 0 radical (unpaired) electrons. The number of nitrogens with one attached hydrogen (secondary N) is 2. The zero-order valence-electron chi connectivity index (χ0n) is 18.1. The van der Waals surface area contributed by atoms with Crippen LogP contribution in [0, 0.1) is 5.92 Å². The molecule has 2 aromatic rings. The quantitative estimate of drug-likeness (QED) is 0.789. The van der Waals surface area contributed by atoms with Crippen molar-refractivity contribution in [3.63, 3.8) is 0 Å². The lowest BCUT2D eigenvalue weighted by Crippen LogP contribution is -2.49. The minimum atomic E-state index is -0.389. The van der Waals surface area contributed by atoms with Crippen molar-refractivity contribution < 1.29 is 14.3 Å². The lowest BCUT2D eigenvalue weighted by Gasteiger charge is -2.43. The molecule has 1 aromatic carbocycles. The summed E-state index contributed by atoms with van der Waals surface area (Å²) in [4.78, 5) is 39.9. The third kappa shape index (κ3) is 4.28. The molecule has 0 spiro atoms. The summed E-state index contributed by atoms with van der Waals surface area (Å²) in [5.41, 5.74) is 1.63. The molecule has 164 valence electrons. The van der Waals surface area contributed by atoms with E-state index >= 15 is 0 Å². The number of fused-ring (bicyclic) bond motifs is 4. The van der Waals surface area contributed by atoms with E-state index in [-0.39, 0.29) is 41.1 Å². The largest absolute Gasteiger partial charge is 0.497 e. The van der Waals surface area contributed by atoms with Gasteiger partial charge in [0.15, 0.2) is 0 Å². The van der Waals surface area contributed by atoms with Gasteiger partial charge in [-0.15, -0.1) is 0 Å². The maximum absolute atomic E-state index is 13.0. The van der Waals surface area contributed by atoms with Gasteiger partial charge in [-0.25, -0.2) is 4.79 Å². The fourth-order valence-corrected chi connectivity index (χ4v) is 4.54. The first-order valence-corrected chi connectivity index (χ1v) is 10.6. The van der Waals surface area contributed by atoms with Crippen LogP contribution in [0.15, 0.2) is 41.2 Å². The number of hydrogen-bond donors (Lipinski definition) is 2. The molecule has 2 atom stereocenters. The van der Waals surface area contributed by atoms with Crippen molar-refractivity contribution in [3.8, 4) is 5.75 Å². The third-order valence-corrected chi connectivity index (χ3v) is 5.90. The predicted molar refractivity (Wildman–Crippen MR) is 118 cm³/mol. The highest BCUT2D eigenvalue weighted by Gasteiger charge is 2.37. The summed E-state index contributed by atoms with van der Waals surface area (Å²) in [6.07, 6.45) is 0.951. The van der Waals surface area contributed by atoms with Crippen LogP contribution in [-0.2, 0) is 6.54 Å². The monoisotopic (exact) mass is 424 g/mol. The van der Waals surface area contributed by atoms with E-state index in [9.17, 15) is 14.4 Å². The van der Waals surface area contributed by atoms with Gasteiger partial charge in [0, 0.05) is 42.9 Å². The zero-order chi connectivity index (χ0) is 22.1. The number of urea groups is 1. The number of benzene rings is 1. The van der Waals surface area contributed by atoms with Crippen LogP contribution in [0.4, 0.5) is 10.5 Å². The summed E-state index contributed by atoms with van der Waals surface area (Å²) < 4.78 is 6.93. The Labute approximate surface area is 181 Å². The third-order valence-electron chi connectivity index (χ3n) is 5.90. The second-order valence-electron chi connectivity index (χ2n) is 8.58. The topological polar surface area (TPSA) is 92.7 Å². The van der Waals surface area contributed by atoms with E-state index in [0.717, 1.165) is 12.1 Å². The Balaban J connectivity index is 1.53. The summed E-state index contributed by atoms with van der Waals surface area (Å²) in [5.74, 6) is 1.01. The van der Waals surface area contributed by atoms with E-state index in [1.807, 2.05) is 24.8 Å². The summed E-state index contributed by atoms with van der Waals surface area (Å²) in [5, 5.41) is 5.39. The first-order valence-electron chi connectivity index (χ1n) is 10.6. The van der Waals surface area contributed by atoms with Crippen LogP contribution in [-0.4, -0.2) is 47.6 Å². The van der Waals surface area contributed by atoms with Crippen LogP contribution >= 0.6 is 0 Å². The number of likely N-dealkylation sites (tertiary alicyclic amines) is 1. The Morgan fingerprint density at radius 3 is 2.48 bits per heavy atom. The minimum absolute atomic E-state index is 0.00297. The highest BCUT2D eigenvalue weighted by molar-refractivity contribution is 5.94. The van der Waals surface area contributed by atoms with Crippen molar-refractivity contribution in [2.45, 2.75) is 38.8 Å². The molecule has 4 rings (SSSR count). The van der Waals surface area contributed by atoms with Crippen LogP contribution in [0.3, 0.4) is 0 Å². The number of piperidine rings is 1. The number of carbonyl (C=O) groups is 2. The smallest absolute Gasteiger partial charge is 0.319 e. The van der Waals surface area contributed by atoms with Gasteiger partial charge in [-0.3, -0.25) is 9.59 Å². The van der Waals surface area contributed by atoms with Gasteiger partial charge in [-0.2, -0.15) is 0 Å². The molecule has 2 aliphatic heterocycles. The van der Waals surface area contributed by atoms with Gasteiger partial charge in [-0.05, 0) is 62.6 Å². The molecular weight excluding hydrogens is 396 g/mol. The van der Waals surface area contributed by atoms with Crippen LogP contribution in [0.25, 0.3) is 0 Å². The first kappa shape index (κ1) is 21.0. The second kappa shape index (κ2) is 8.45. The van der Waals surface area contributed by atoms with E-state index in [0.29, 0.717) is 30.9 Å². The lowest BCUT2D eigenvalue weighted by molar-refractivity contribution is 0.0594. The van der Waals surface area contributed by atoms with Crippen LogP contribution in [0.5, 0.6) is 5.75 Å². The number of ether oxygens (including phenoxy) is 1. The number of nitrogens with zero attached hydrogens (tertiary/aromatic N) is 2. The Hall–Kier alpha value is -3.29. The molecule has 3 amide bonds. The predicted octanol–water partition coefficient (Wildman–Crippen LogP) is 2.65.